The van der Waals surface area contributed by atoms with Crippen LogP contribution in [0.5, 0.6) is 11.6 Å². The van der Waals surface area contributed by atoms with Gasteiger partial charge in [0.25, 0.3) is 0 Å². The van der Waals surface area contributed by atoms with E-state index >= 15 is 0 Å². The van der Waals surface area contributed by atoms with Crippen molar-refractivity contribution in [3.05, 3.63) is 47.7 Å². The molecule has 0 aliphatic rings. The molecule has 0 radical (unpaired) electrons. The van der Waals surface area contributed by atoms with Crippen molar-refractivity contribution in [2.75, 3.05) is 0 Å². The molecule has 2 rings (SSSR count). The van der Waals surface area contributed by atoms with Crippen LogP contribution < -0.4 is 10.5 Å². The molecule has 16 heavy (non-hydrogen) atoms. The van der Waals surface area contributed by atoms with Gasteiger partial charge in [-0.05, 0) is 30.7 Å². The zero-order valence-electron chi connectivity index (χ0n) is 9.05. The van der Waals surface area contributed by atoms with Crippen LogP contribution in [-0.4, -0.2) is 10.2 Å². The number of hydrogen-bond donors (Lipinski definition) is 1. The van der Waals surface area contributed by atoms with Crippen molar-refractivity contribution >= 4 is 0 Å². The smallest absolute Gasteiger partial charge is 0.238 e. The number of aryl methyl sites for hydroxylation is 1. The lowest BCUT2D eigenvalue weighted by Crippen LogP contribution is -1.96. The Morgan fingerprint density at radius 2 is 1.81 bits per heavy atom. The minimum Gasteiger partial charge on any atom is -0.438 e. The molecule has 1 aromatic carbocycles. The van der Waals surface area contributed by atoms with Crippen LogP contribution in [0.3, 0.4) is 0 Å². The van der Waals surface area contributed by atoms with Crippen molar-refractivity contribution in [1.29, 1.82) is 0 Å². The summed E-state index contributed by atoms with van der Waals surface area (Å²) in [6, 6.07) is 11.2. The predicted molar refractivity (Wildman–Crippen MR) is 61.2 cm³/mol. The highest BCUT2D eigenvalue weighted by Gasteiger charge is 1.98. The lowest BCUT2D eigenvalue weighted by atomic mass is 10.2. The Balaban J connectivity index is 2.11. The molecule has 0 bridgehead atoms. The number of nitrogens with zero attached hydrogens (tertiary/aromatic N) is 2. The number of aromatic nitrogens is 2. The van der Waals surface area contributed by atoms with Crippen molar-refractivity contribution in [2.24, 2.45) is 5.73 Å². The van der Waals surface area contributed by atoms with E-state index in [1.807, 2.05) is 37.3 Å². The van der Waals surface area contributed by atoms with Crippen LogP contribution in [0.2, 0.25) is 0 Å². The molecule has 0 aliphatic heterocycles. The third-order valence-electron chi connectivity index (χ3n) is 2.15. The molecule has 4 nitrogen and oxygen atoms in total. The maximum atomic E-state index is 5.52. The van der Waals surface area contributed by atoms with Crippen molar-refractivity contribution < 1.29 is 4.74 Å². The summed E-state index contributed by atoms with van der Waals surface area (Å²) in [5, 5.41) is 7.83. The number of ether oxygens (including phenoxy) is 1. The second-order valence-electron chi connectivity index (χ2n) is 3.46. The van der Waals surface area contributed by atoms with Crippen LogP contribution in [0.25, 0.3) is 0 Å². The van der Waals surface area contributed by atoms with Gasteiger partial charge in [0.15, 0.2) is 0 Å². The fourth-order valence-electron chi connectivity index (χ4n) is 1.26. The Kier molecular flexibility index (Phi) is 3.12. The van der Waals surface area contributed by atoms with Gasteiger partial charge in [-0.1, -0.05) is 12.1 Å². The topological polar surface area (TPSA) is 61.0 Å². The molecule has 1 aromatic heterocycles. The van der Waals surface area contributed by atoms with Gasteiger partial charge in [0.1, 0.15) is 5.75 Å². The molecule has 1 heterocycles. The molecule has 82 valence electrons. The fourth-order valence-corrected chi connectivity index (χ4v) is 1.26. The van der Waals surface area contributed by atoms with Crippen molar-refractivity contribution in [1.82, 2.24) is 10.2 Å². The van der Waals surface area contributed by atoms with Crippen LogP contribution in [0.4, 0.5) is 0 Å². The Hall–Kier alpha value is -1.94. The molecular formula is C12H13N3O. The lowest BCUT2D eigenvalue weighted by Gasteiger charge is -2.04. The lowest BCUT2D eigenvalue weighted by molar-refractivity contribution is 0.454. The van der Waals surface area contributed by atoms with Gasteiger partial charge in [0.05, 0.1) is 5.69 Å². The number of benzene rings is 1. The third-order valence-corrected chi connectivity index (χ3v) is 2.15. The van der Waals surface area contributed by atoms with Crippen molar-refractivity contribution in [3.63, 3.8) is 0 Å². The monoisotopic (exact) mass is 215 g/mol. The van der Waals surface area contributed by atoms with Gasteiger partial charge in [0.2, 0.25) is 5.88 Å². The van der Waals surface area contributed by atoms with E-state index in [-0.39, 0.29) is 0 Å². The van der Waals surface area contributed by atoms with Crippen molar-refractivity contribution in [2.45, 2.75) is 13.5 Å². The number of hydrogen-bond acceptors (Lipinski definition) is 4. The molecule has 0 unspecified atom stereocenters. The van der Waals surface area contributed by atoms with Gasteiger partial charge >= 0.3 is 0 Å². The normalized spacial score (nSPS) is 10.1. The minimum atomic E-state index is 0.492. The summed E-state index contributed by atoms with van der Waals surface area (Å²) in [6.07, 6.45) is 0. The Bertz CT molecular complexity index is 451. The summed E-state index contributed by atoms with van der Waals surface area (Å²) in [5.74, 6) is 1.22. The largest absolute Gasteiger partial charge is 0.438 e. The van der Waals surface area contributed by atoms with Crippen LogP contribution in [0.15, 0.2) is 36.4 Å². The molecule has 0 atom stereocenters. The summed E-state index contributed by atoms with van der Waals surface area (Å²) >= 11 is 0. The molecular weight excluding hydrogens is 202 g/mol. The minimum absolute atomic E-state index is 0.492. The van der Waals surface area contributed by atoms with E-state index in [9.17, 15) is 0 Å². The first kappa shape index (κ1) is 10.6. The van der Waals surface area contributed by atoms with Crippen LogP contribution in [-0.2, 0) is 6.54 Å². The molecule has 0 aliphatic carbocycles. The maximum Gasteiger partial charge on any atom is 0.238 e. The van der Waals surface area contributed by atoms with Gasteiger partial charge in [0, 0.05) is 12.6 Å². The summed E-state index contributed by atoms with van der Waals surface area (Å²) in [4.78, 5) is 0. The second kappa shape index (κ2) is 4.72. The summed E-state index contributed by atoms with van der Waals surface area (Å²) in [5.41, 5.74) is 7.44. The van der Waals surface area contributed by atoms with Gasteiger partial charge in [-0.15, -0.1) is 5.10 Å². The quantitative estimate of drug-likeness (QED) is 0.851. The number of nitrogens with two attached hydrogens (primary N) is 1. The standard InChI is InChI=1S/C12H13N3O/c1-9-2-7-12(15-14-9)16-11-5-3-10(8-13)4-6-11/h2-7H,8,13H2,1H3. The van der Waals surface area contributed by atoms with Gasteiger partial charge in [-0.2, -0.15) is 5.10 Å². The molecule has 0 amide bonds. The molecule has 2 N–H and O–H groups in total. The molecule has 0 saturated heterocycles. The van der Waals surface area contributed by atoms with E-state index in [2.05, 4.69) is 10.2 Å². The average Bonchev–Trinajstić information content (AvgIpc) is 2.33. The maximum absolute atomic E-state index is 5.52. The molecule has 4 heteroatoms. The molecule has 0 fully saturated rings. The Morgan fingerprint density at radius 1 is 1.06 bits per heavy atom. The van der Waals surface area contributed by atoms with Gasteiger partial charge < -0.3 is 10.5 Å². The molecule has 2 aromatic rings. The van der Waals surface area contributed by atoms with E-state index in [1.54, 1.807) is 6.07 Å². The second-order valence-corrected chi connectivity index (χ2v) is 3.46. The van der Waals surface area contributed by atoms with Crippen LogP contribution in [0.1, 0.15) is 11.3 Å². The summed E-state index contributed by atoms with van der Waals surface area (Å²) < 4.78 is 5.52. The fraction of sp³-hybridized carbons (Fsp3) is 0.167. The third kappa shape index (κ3) is 2.55. The van der Waals surface area contributed by atoms with E-state index in [0.29, 0.717) is 12.4 Å². The van der Waals surface area contributed by atoms with E-state index in [1.165, 1.54) is 0 Å². The van der Waals surface area contributed by atoms with E-state index in [4.69, 9.17) is 10.5 Å². The van der Waals surface area contributed by atoms with E-state index in [0.717, 1.165) is 17.0 Å². The van der Waals surface area contributed by atoms with Gasteiger partial charge in [-0.3, -0.25) is 0 Å². The number of rotatable bonds is 3. The predicted octanol–water partition coefficient (Wildman–Crippen LogP) is 2.04. The average molecular weight is 215 g/mol. The molecule has 0 saturated carbocycles. The first-order chi connectivity index (χ1) is 7.78. The molecule has 0 spiro atoms. The van der Waals surface area contributed by atoms with Crippen LogP contribution >= 0.6 is 0 Å². The highest BCUT2D eigenvalue weighted by Crippen LogP contribution is 2.18. The highest BCUT2D eigenvalue weighted by atomic mass is 16.5. The first-order valence-electron chi connectivity index (χ1n) is 5.05. The SMILES string of the molecule is Cc1ccc(Oc2ccc(CN)cc2)nn1. The van der Waals surface area contributed by atoms with Crippen molar-refractivity contribution in [3.8, 4) is 11.6 Å². The zero-order valence-corrected chi connectivity index (χ0v) is 9.05. The first-order valence-corrected chi connectivity index (χ1v) is 5.05. The summed E-state index contributed by atoms with van der Waals surface area (Å²) in [6.45, 7) is 2.41. The Labute approximate surface area is 94.1 Å². The highest BCUT2D eigenvalue weighted by molar-refractivity contribution is 5.30. The van der Waals surface area contributed by atoms with Crippen LogP contribution in [0, 0.1) is 6.92 Å². The Morgan fingerprint density at radius 3 is 2.38 bits per heavy atom. The van der Waals surface area contributed by atoms with E-state index < -0.39 is 0 Å². The van der Waals surface area contributed by atoms with Gasteiger partial charge in [-0.25, -0.2) is 0 Å². The zero-order chi connectivity index (χ0) is 11.4. The summed E-state index contributed by atoms with van der Waals surface area (Å²) in [7, 11) is 0.